The van der Waals surface area contributed by atoms with Crippen LogP contribution in [0.25, 0.3) is 0 Å². The third-order valence-electron chi connectivity index (χ3n) is 1.88. The van der Waals surface area contributed by atoms with Crippen molar-refractivity contribution in [2.75, 3.05) is 19.8 Å². The first-order chi connectivity index (χ1) is 6.35. The molecule has 0 amide bonds. The average Bonchev–Trinajstić information content (AvgIpc) is 2.16. The van der Waals surface area contributed by atoms with E-state index in [2.05, 4.69) is 13.5 Å². The van der Waals surface area contributed by atoms with Gasteiger partial charge in [0.1, 0.15) is 0 Å². The fourth-order valence-corrected chi connectivity index (χ4v) is 2.67. The number of rotatable bonds is 9. The maximum absolute atomic E-state index is 5.77. The van der Waals surface area contributed by atoms with E-state index < -0.39 is 9.04 Å². The molecule has 1 unspecified atom stereocenters. The topological polar surface area (TPSA) is 18.5 Å². The smallest absolute Gasteiger partial charge is 0.180 e. The summed E-state index contributed by atoms with van der Waals surface area (Å²) in [4.78, 5) is 0. The molecule has 0 saturated heterocycles. The molecule has 13 heavy (non-hydrogen) atoms. The average molecular weight is 202 g/mol. The van der Waals surface area contributed by atoms with Crippen molar-refractivity contribution in [3.63, 3.8) is 0 Å². The van der Waals surface area contributed by atoms with E-state index in [1.807, 2.05) is 13.0 Å². The Labute approximate surface area is 83.7 Å². The molecule has 0 radical (unpaired) electrons. The lowest BCUT2D eigenvalue weighted by atomic mass is 10.5. The highest BCUT2D eigenvalue weighted by molar-refractivity contribution is 6.52. The fraction of sp³-hybridized carbons (Fsp3) is 0.800. The summed E-state index contributed by atoms with van der Waals surface area (Å²) >= 11 is 0. The number of ether oxygens (including phenoxy) is 1. The zero-order valence-electron chi connectivity index (χ0n) is 8.92. The zero-order valence-corrected chi connectivity index (χ0v) is 10.1. The molecule has 0 rings (SSSR count). The van der Waals surface area contributed by atoms with Crippen LogP contribution in [0.5, 0.6) is 0 Å². The minimum atomic E-state index is -0.938. The largest absolute Gasteiger partial charge is 0.420 e. The molecule has 0 spiro atoms. The van der Waals surface area contributed by atoms with Crippen LogP contribution in [0, 0.1) is 0 Å². The predicted octanol–water partition coefficient (Wildman–Crippen LogP) is 2.36. The minimum Gasteiger partial charge on any atom is -0.420 e. The standard InChI is InChI=1S/C10H22O2Si/c1-4-10-13(6-3)12-9-7-8-11-5-2/h4,13H,1,5-10H2,2-3H3. The van der Waals surface area contributed by atoms with Crippen molar-refractivity contribution in [2.45, 2.75) is 32.4 Å². The maximum atomic E-state index is 5.77. The van der Waals surface area contributed by atoms with Crippen LogP contribution in [0.1, 0.15) is 20.3 Å². The van der Waals surface area contributed by atoms with Crippen LogP contribution in [-0.4, -0.2) is 28.9 Å². The first kappa shape index (κ1) is 12.9. The van der Waals surface area contributed by atoms with Gasteiger partial charge in [0, 0.05) is 19.8 Å². The molecule has 0 N–H and O–H groups in total. The summed E-state index contributed by atoms with van der Waals surface area (Å²) in [6.07, 6.45) is 3.00. The van der Waals surface area contributed by atoms with Crippen LogP contribution in [0.4, 0.5) is 0 Å². The monoisotopic (exact) mass is 202 g/mol. The van der Waals surface area contributed by atoms with Gasteiger partial charge in [-0.3, -0.25) is 0 Å². The third-order valence-corrected chi connectivity index (χ3v) is 4.35. The van der Waals surface area contributed by atoms with Gasteiger partial charge in [0.05, 0.1) is 0 Å². The SMILES string of the molecule is C=CC[SiH](CC)OCCCOCC. The van der Waals surface area contributed by atoms with Crippen LogP contribution in [0.2, 0.25) is 12.1 Å². The van der Waals surface area contributed by atoms with Gasteiger partial charge in [-0.05, 0) is 25.4 Å². The maximum Gasteiger partial charge on any atom is 0.180 e. The molecule has 0 bridgehead atoms. The molecule has 0 aromatic carbocycles. The van der Waals surface area contributed by atoms with Crippen LogP contribution in [0.3, 0.4) is 0 Å². The molecule has 0 aromatic rings. The predicted molar refractivity (Wildman–Crippen MR) is 59.7 cm³/mol. The van der Waals surface area contributed by atoms with Gasteiger partial charge in [-0.15, -0.1) is 6.58 Å². The Balaban J connectivity index is 3.22. The van der Waals surface area contributed by atoms with E-state index in [0.29, 0.717) is 0 Å². The molecule has 0 saturated carbocycles. The van der Waals surface area contributed by atoms with Gasteiger partial charge in [-0.2, -0.15) is 0 Å². The third kappa shape index (κ3) is 8.21. The number of allylic oxidation sites excluding steroid dienone is 1. The van der Waals surface area contributed by atoms with Crippen molar-refractivity contribution in [2.24, 2.45) is 0 Å². The molecule has 78 valence electrons. The Kier molecular flexibility index (Phi) is 9.87. The Morgan fingerprint density at radius 1 is 1.31 bits per heavy atom. The summed E-state index contributed by atoms with van der Waals surface area (Å²) in [6, 6.07) is 2.28. The van der Waals surface area contributed by atoms with Gasteiger partial charge >= 0.3 is 0 Å². The van der Waals surface area contributed by atoms with Crippen molar-refractivity contribution in [3.05, 3.63) is 12.7 Å². The first-order valence-electron chi connectivity index (χ1n) is 5.15. The highest BCUT2D eigenvalue weighted by Gasteiger charge is 2.05. The van der Waals surface area contributed by atoms with E-state index in [-0.39, 0.29) is 0 Å². The van der Waals surface area contributed by atoms with Crippen molar-refractivity contribution < 1.29 is 9.16 Å². The van der Waals surface area contributed by atoms with E-state index in [4.69, 9.17) is 9.16 Å². The van der Waals surface area contributed by atoms with Crippen molar-refractivity contribution >= 4 is 9.04 Å². The molecule has 0 fully saturated rings. The Morgan fingerprint density at radius 3 is 2.62 bits per heavy atom. The molecule has 0 aliphatic heterocycles. The summed E-state index contributed by atoms with van der Waals surface area (Å²) < 4.78 is 11.0. The first-order valence-corrected chi connectivity index (χ1v) is 7.25. The minimum absolute atomic E-state index is 0.807. The lowest BCUT2D eigenvalue weighted by molar-refractivity contribution is 0.130. The van der Waals surface area contributed by atoms with E-state index in [0.717, 1.165) is 32.3 Å². The van der Waals surface area contributed by atoms with Gasteiger partial charge in [0.25, 0.3) is 0 Å². The molecule has 0 aliphatic rings. The molecule has 0 aromatic heterocycles. The molecular weight excluding hydrogens is 180 g/mol. The Bertz CT molecular complexity index is 117. The van der Waals surface area contributed by atoms with Crippen molar-refractivity contribution in [3.8, 4) is 0 Å². The normalized spacial score (nSPS) is 12.8. The van der Waals surface area contributed by atoms with Crippen molar-refractivity contribution in [1.82, 2.24) is 0 Å². The van der Waals surface area contributed by atoms with E-state index >= 15 is 0 Å². The highest BCUT2D eigenvalue weighted by Crippen LogP contribution is 2.02. The molecule has 0 heterocycles. The van der Waals surface area contributed by atoms with E-state index in [9.17, 15) is 0 Å². The van der Waals surface area contributed by atoms with E-state index in [1.54, 1.807) is 0 Å². The van der Waals surface area contributed by atoms with Gasteiger partial charge < -0.3 is 9.16 Å². The molecule has 2 nitrogen and oxygen atoms in total. The van der Waals surface area contributed by atoms with Gasteiger partial charge in [-0.1, -0.05) is 13.0 Å². The number of hydrogen-bond acceptors (Lipinski definition) is 2. The Hall–Kier alpha value is -0.123. The van der Waals surface area contributed by atoms with Crippen molar-refractivity contribution in [1.29, 1.82) is 0 Å². The van der Waals surface area contributed by atoms with Crippen LogP contribution in [-0.2, 0) is 9.16 Å². The lowest BCUT2D eigenvalue weighted by Crippen LogP contribution is -2.17. The second kappa shape index (κ2) is 9.96. The van der Waals surface area contributed by atoms with Gasteiger partial charge in [-0.25, -0.2) is 0 Å². The summed E-state index contributed by atoms with van der Waals surface area (Å²) in [5.74, 6) is 0. The summed E-state index contributed by atoms with van der Waals surface area (Å²) in [7, 11) is -0.938. The summed E-state index contributed by atoms with van der Waals surface area (Å²) in [5, 5.41) is 0. The van der Waals surface area contributed by atoms with Crippen LogP contribution >= 0.6 is 0 Å². The Morgan fingerprint density at radius 2 is 2.08 bits per heavy atom. The quantitative estimate of drug-likeness (QED) is 0.325. The molecule has 1 atom stereocenters. The molecular formula is C10H22O2Si. The summed E-state index contributed by atoms with van der Waals surface area (Å²) in [5.41, 5.74) is 0. The van der Waals surface area contributed by atoms with Gasteiger partial charge in [0.2, 0.25) is 0 Å². The molecule has 0 aliphatic carbocycles. The van der Waals surface area contributed by atoms with Crippen LogP contribution in [0.15, 0.2) is 12.7 Å². The lowest BCUT2D eigenvalue weighted by Gasteiger charge is -2.12. The second-order valence-electron chi connectivity index (χ2n) is 2.98. The van der Waals surface area contributed by atoms with Crippen LogP contribution < -0.4 is 0 Å². The second-order valence-corrected chi connectivity index (χ2v) is 5.84. The highest BCUT2D eigenvalue weighted by atomic mass is 28.3. The zero-order chi connectivity index (χ0) is 9.94. The fourth-order valence-electron chi connectivity index (χ4n) is 1.09. The molecule has 3 heteroatoms. The van der Waals surface area contributed by atoms with Gasteiger partial charge in [0.15, 0.2) is 9.04 Å². The summed E-state index contributed by atoms with van der Waals surface area (Å²) in [6.45, 7) is 10.4. The number of hydrogen-bond donors (Lipinski definition) is 0. The van der Waals surface area contributed by atoms with E-state index in [1.165, 1.54) is 6.04 Å².